The molecule has 0 N–H and O–H groups in total. The number of carbonyl (C=O) groups excluding carboxylic acids is 1. The van der Waals surface area contributed by atoms with Crippen LogP contribution < -0.4 is 0 Å². The van der Waals surface area contributed by atoms with Crippen molar-refractivity contribution >= 4 is 37.6 Å². The molecule has 0 spiro atoms. The topological polar surface area (TPSA) is 17.1 Å². The summed E-state index contributed by atoms with van der Waals surface area (Å²) in [5, 5.41) is 0. The van der Waals surface area contributed by atoms with Crippen LogP contribution in [0.25, 0.3) is 0 Å². The van der Waals surface area contributed by atoms with Gasteiger partial charge in [-0.1, -0.05) is 38.8 Å². The minimum Gasteiger partial charge on any atom is -0.294 e. The van der Waals surface area contributed by atoms with Crippen LogP contribution in [0.4, 0.5) is 0 Å². The van der Waals surface area contributed by atoms with Crippen LogP contribution in [0, 0.1) is 6.92 Å². The average molecular weight is 306 g/mol. The van der Waals surface area contributed by atoms with Crippen molar-refractivity contribution in [3.63, 3.8) is 0 Å². The Labute approximate surface area is 94.8 Å². The molecular formula is C10H10Br2O. The molecule has 0 amide bonds. The maximum atomic E-state index is 11.4. The van der Waals surface area contributed by atoms with Crippen molar-refractivity contribution in [3.05, 3.63) is 32.2 Å². The predicted octanol–water partition coefficient (Wildman–Crippen LogP) is 4.11. The molecule has 0 aliphatic rings. The Morgan fingerprint density at radius 3 is 2.46 bits per heavy atom. The number of benzene rings is 1. The normalized spacial score (nSPS) is 10.2. The second-order valence-electron chi connectivity index (χ2n) is 2.86. The molecule has 0 aliphatic heterocycles. The van der Waals surface area contributed by atoms with E-state index in [2.05, 4.69) is 31.9 Å². The largest absolute Gasteiger partial charge is 0.294 e. The number of Topliss-reactive ketones (excluding diaryl/α,β-unsaturated/α-hetero) is 1. The predicted molar refractivity (Wildman–Crippen MR) is 61.2 cm³/mol. The zero-order valence-corrected chi connectivity index (χ0v) is 10.7. The molecule has 0 aliphatic carbocycles. The third-order valence-corrected chi connectivity index (χ3v) is 3.38. The van der Waals surface area contributed by atoms with Gasteiger partial charge in [0, 0.05) is 20.9 Å². The minimum atomic E-state index is 0.160. The molecule has 13 heavy (non-hydrogen) atoms. The van der Waals surface area contributed by atoms with Crippen LogP contribution >= 0.6 is 31.9 Å². The van der Waals surface area contributed by atoms with Crippen molar-refractivity contribution in [3.8, 4) is 0 Å². The lowest BCUT2D eigenvalue weighted by atomic mass is 10.1. The number of carbonyl (C=O) groups is 1. The molecule has 0 saturated heterocycles. The van der Waals surface area contributed by atoms with E-state index in [9.17, 15) is 4.79 Å². The molecule has 0 radical (unpaired) electrons. The molecule has 0 atom stereocenters. The van der Waals surface area contributed by atoms with Gasteiger partial charge in [0.05, 0.1) is 0 Å². The van der Waals surface area contributed by atoms with Crippen LogP contribution in [0.2, 0.25) is 0 Å². The average Bonchev–Trinajstić information content (AvgIpc) is 2.10. The van der Waals surface area contributed by atoms with E-state index in [-0.39, 0.29) is 5.78 Å². The van der Waals surface area contributed by atoms with Gasteiger partial charge in [0.25, 0.3) is 0 Å². The maximum Gasteiger partial charge on any atom is 0.163 e. The molecule has 0 unspecified atom stereocenters. The highest BCUT2D eigenvalue weighted by molar-refractivity contribution is 9.11. The summed E-state index contributed by atoms with van der Waals surface area (Å²) in [5.41, 5.74) is 1.87. The summed E-state index contributed by atoms with van der Waals surface area (Å²) in [4.78, 5) is 11.4. The van der Waals surface area contributed by atoms with Crippen molar-refractivity contribution in [1.29, 1.82) is 0 Å². The van der Waals surface area contributed by atoms with Crippen molar-refractivity contribution in [2.45, 2.75) is 20.3 Å². The molecule has 1 aromatic rings. The Morgan fingerprint density at radius 2 is 1.92 bits per heavy atom. The second kappa shape index (κ2) is 4.38. The van der Waals surface area contributed by atoms with Gasteiger partial charge in [-0.05, 0) is 24.6 Å². The number of halogens is 2. The zero-order chi connectivity index (χ0) is 10.0. The molecule has 0 bridgehead atoms. The standard InChI is InChI=1S/C10H10Br2O/c1-3-10(13)7-5-8(11)6(2)4-9(7)12/h4-5H,3H2,1-2H3. The number of hydrogen-bond donors (Lipinski definition) is 0. The first-order chi connectivity index (χ1) is 6.06. The van der Waals surface area contributed by atoms with Gasteiger partial charge in [0.2, 0.25) is 0 Å². The number of hydrogen-bond acceptors (Lipinski definition) is 1. The Morgan fingerprint density at radius 1 is 1.31 bits per heavy atom. The summed E-state index contributed by atoms with van der Waals surface area (Å²) in [5.74, 6) is 0.160. The third kappa shape index (κ3) is 2.41. The highest BCUT2D eigenvalue weighted by Gasteiger charge is 2.09. The Kier molecular flexibility index (Phi) is 3.68. The molecular weight excluding hydrogens is 296 g/mol. The summed E-state index contributed by atoms with van der Waals surface area (Å²) in [6, 6.07) is 3.82. The minimum absolute atomic E-state index is 0.160. The van der Waals surface area contributed by atoms with E-state index in [4.69, 9.17) is 0 Å². The van der Waals surface area contributed by atoms with Gasteiger partial charge >= 0.3 is 0 Å². The molecule has 70 valence electrons. The van der Waals surface area contributed by atoms with Gasteiger partial charge in [0.15, 0.2) is 5.78 Å². The molecule has 0 fully saturated rings. The summed E-state index contributed by atoms with van der Waals surface area (Å²) >= 11 is 6.79. The van der Waals surface area contributed by atoms with Crippen LogP contribution in [0.1, 0.15) is 29.3 Å². The lowest BCUT2D eigenvalue weighted by molar-refractivity contribution is 0.0987. The van der Waals surface area contributed by atoms with Crippen LogP contribution in [0.15, 0.2) is 21.1 Å². The quantitative estimate of drug-likeness (QED) is 0.751. The van der Waals surface area contributed by atoms with E-state index in [0.29, 0.717) is 6.42 Å². The van der Waals surface area contributed by atoms with Crippen LogP contribution in [-0.2, 0) is 0 Å². The number of ketones is 1. The summed E-state index contributed by atoms with van der Waals surface area (Å²) in [7, 11) is 0. The first-order valence-electron chi connectivity index (χ1n) is 4.05. The molecule has 1 rings (SSSR count). The second-order valence-corrected chi connectivity index (χ2v) is 4.57. The van der Waals surface area contributed by atoms with E-state index in [1.807, 2.05) is 26.0 Å². The summed E-state index contributed by atoms with van der Waals surface area (Å²) in [6.45, 7) is 3.86. The molecule has 0 heterocycles. The van der Waals surface area contributed by atoms with Gasteiger partial charge in [-0.2, -0.15) is 0 Å². The summed E-state index contributed by atoms with van der Waals surface area (Å²) in [6.07, 6.45) is 0.536. The third-order valence-electron chi connectivity index (χ3n) is 1.87. The van der Waals surface area contributed by atoms with Crippen molar-refractivity contribution < 1.29 is 4.79 Å². The van der Waals surface area contributed by atoms with Crippen molar-refractivity contribution in [2.24, 2.45) is 0 Å². The highest BCUT2D eigenvalue weighted by Crippen LogP contribution is 2.26. The SMILES string of the molecule is CCC(=O)c1cc(Br)c(C)cc1Br. The van der Waals surface area contributed by atoms with Crippen LogP contribution in [0.5, 0.6) is 0 Å². The number of rotatable bonds is 2. The van der Waals surface area contributed by atoms with Gasteiger partial charge in [0.1, 0.15) is 0 Å². The van der Waals surface area contributed by atoms with Gasteiger partial charge in [-0.3, -0.25) is 4.79 Å². The van der Waals surface area contributed by atoms with E-state index >= 15 is 0 Å². The van der Waals surface area contributed by atoms with E-state index in [1.165, 1.54) is 0 Å². The van der Waals surface area contributed by atoms with Gasteiger partial charge in [-0.15, -0.1) is 0 Å². The van der Waals surface area contributed by atoms with Gasteiger partial charge in [-0.25, -0.2) is 0 Å². The van der Waals surface area contributed by atoms with E-state index in [1.54, 1.807) is 0 Å². The molecule has 1 aromatic carbocycles. The van der Waals surface area contributed by atoms with Crippen molar-refractivity contribution in [2.75, 3.05) is 0 Å². The lowest BCUT2D eigenvalue weighted by Crippen LogP contribution is -1.98. The Balaban J connectivity index is 3.23. The molecule has 1 nitrogen and oxygen atoms in total. The molecule has 3 heteroatoms. The fourth-order valence-corrected chi connectivity index (χ4v) is 2.07. The van der Waals surface area contributed by atoms with E-state index in [0.717, 1.165) is 20.1 Å². The van der Waals surface area contributed by atoms with Crippen molar-refractivity contribution in [1.82, 2.24) is 0 Å². The fraction of sp³-hybridized carbons (Fsp3) is 0.300. The first kappa shape index (κ1) is 10.9. The van der Waals surface area contributed by atoms with Crippen LogP contribution in [-0.4, -0.2) is 5.78 Å². The Bertz CT molecular complexity index is 345. The van der Waals surface area contributed by atoms with E-state index < -0.39 is 0 Å². The lowest BCUT2D eigenvalue weighted by Gasteiger charge is -2.05. The number of aryl methyl sites for hydroxylation is 1. The monoisotopic (exact) mass is 304 g/mol. The molecule has 0 saturated carbocycles. The molecule has 0 aromatic heterocycles. The fourth-order valence-electron chi connectivity index (χ4n) is 1.05. The van der Waals surface area contributed by atoms with Gasteiger partial charge < -0.3 is 0 Å². The smallest absolute Gasteiger partial charge is 0.163 e. The Hall–Kier alpha value is -0.150. The first-order valence-corrected chi connectivity index (χ1v) is 5.63. The maximum absolute atomic E-state index is 11.4. The summed E-state index contributed by atoms with van der Waals surface area (Å²) < 4.78 is 1.85. The zero-order valence-electron chi connectivity index (χ0n) is 7.53. The van der Waals surface area contributed by atoms with Crippen LogP contribution in [0.3, 0.4) is 0 Å². The highest BCUT2D eigenvalue weighted by atomic mass is 79.9.